The monoisotopic (exact) mass is 428 g/mol. The highest BCUT2D eigenvalue weighted by Crippen LogP contribution is 2.30. The van der Waals surface area contributed by atoms with Gasteiger partial charge in [0.1, 0.15) is 5.82 Å². The van der Waals surface area contributed by atoms with E-state index in [-0.39, 0.29) is 22.2 Å². The number of carbonyl (C=O) groups excluding carboxylic acids is 1. The van der Waals surface area contributed by atoms with Gasteiger partial charge in [-0.2, -0.15) is 9.40 Å². The molecule has 156 valence electrons. The molecule has 2 N–H and O–H groups in total. The molecule has 0 unspecified atom stereocenters. The first-order chi connectivity index (χ1) is 14.4. The number of carbonyl (C=O) groups is 1. The minimum atomic E-state index is -3.51. The van der Waals surface area contributed by atoms with Crippen LogP contribution in [-0.2, 0) is 10.0 Å². The van der Waals surface area contributed by atoms with Crippen molar-refractivity contribution in [3.8, 4) is 0 Å². The van der Waals surface area contributed by atoms with Crippen LogP contribution in [0.1, 0.15) is 34.9 Å². The SMILES string of the molecule is O=C(Nc1ccccc1F)c1cc(C2CCN(S(=O)(=O)c3ccccc3)CC2)[nH]n1. The number of amides is 1. The Morgan fingerprint density at radius 3 is 2.43 bits per heavy atom. The molecule has 1 amide bonds. The van der Waals surface area contributed by atoms with Gasteiger partial charge in [-0.3, -0.25) is 9.89 Å². The van der Waals surface area contributed by atoms with Crippen molar-refractivity contribution in [1.29, 1.82) is 0 Å². The summed E-state index contributed by atoms with van der Waals surface area (Å²) in [5.41, 5.74) is 1.02. The number of rotatable bonds is 5. The first kappa shape index (κ1) is 20.2. The standard InChI is InChI=1S/C21H21FN4O3S/c22-17-8-4-5-9-18(17)23-21(27)20-14-19(24-25-20)15-10-12-26(13-11-15)30(28,29)16-6-2-1-3-7-16/h1-9,14-15H,10-13H2,(H,23,27)(H,24,25). The Morgan fingerprint density at radius 2 is 1.73 bits per heavy atom. The number of aromatic amines is 1. The fourth-order valence-electron chi connectivity index (χ4n) is 3.56. The lowest BCUT2D eigenvalue weighted by molar-refractivity contribution is 0.102. The fraction of sp³-hybridized carbons (Fsp3) is 0.238. The van der Waals surface area contributed by atoms with Crippen LogP contribution in [0.25, 0.3) is 0 Å². The zero-order valence-corrected chi connectivity index (χ0v) is 16.9. The molecule has 1 aromatic heterocycles. The average Bonchev–Trinajstić information content (AvgIpc) is 3.27. The Hall–Kier alpha value is -3.04. The Bertz CT molecular complexity index is 1140. The third-order valence-electron chi connectivity index (χ3n) is 5.23. The van der Waals surface area contributed by atoms with Crippen molar-refractivity contribution in [3.05, 3.63) is 77.9 Å². The molecule has 0 radical (unpaired) electrons. The van der Waals surface area contributed by atoms with Gasteiger partial charge in [0.2, 0.25) is 10.0 Å². The molecule has 0 aliphatic carbocycles. The minimum Gasteiger partial charge on any atom is -0.318 e. The molecular formula is C21H21FN4O3S. The lowest BCUT2D eigenvalue weighted by Crippen LogP contribution is -2.37. The molecule has 9 heteroatoms. The largest absolute Gasteiger partial charge is 0.318 e. The summed E-state index contributed by atoms with van der Waals surface area (Å²) in [6.07, 6.45) is 1.23. The summed E-state index contributed by atoms with van der Waals surface area (Å²) in [7, 11) is -3.51. The third-order valence-corrected chi connectivity index (χ3v) is 7.14. The molecule has 1 aliphatic heterocycles. The van der Waals surface area contributed by atoms with E-state index >= 15 is 0 Å². The van der Waals surface area contributed by atoms with Gasteiger partial charge in [-0.15, -0.1) is 0 Å². The minimum absolute atomic E-state index is 0.0646. The van der Waals surface area contributed by atoms with Crippen LogP contribution in [-0.4, -0.2) is 41.9 Å². The quantitative estimate of drug-likeness (QED) is 0.651. The Morgan fingerprint density at radius 1 is 1.07 bits per heavy atom. The maximum absolute atomic E-state index is 13.7. The molecule has 3 aromatic rings. The Kier molecular flexibility index (Phi) is 5.65. The summed E-state index contributed by atoms with van der Waals surface area (Å²) < 4.78 is 40.7. The van der Waals surface area contributed by atoms with Gasteiger partial charge in [-0.25, -0.2) is 12.8 Å². The summed E-state index contributed by atoms with van der Waals surface area (Å²) in [6.45, 7) is 0.773. The third kappa shape index (κ3) is 4.12. The predicted octanol–water partition coefficient (Wildman–Crippen LogP) is 3.37. The maximum Gasteiger partial charge on any atom is 0.276 e. The molecule has 0 saturated carbocycles. The second kappa shape index (κ2) is 8.37. The molecule has 1 saturated heterocycles. The van der Waals surface area contributed by atoms with Crippen LogP contribution < -0.4 is 5.32 Å². The summed E-state index contributed by atoms with van der Waals surface area (Å²) >= 11 is 0. The second-order valence-corrected chi connectivity index (χ2v) is 9.07. The van der Waals surface area contributed by atoms with Gasteiger partial charge in [-0.1, -0.05) is 30.3 Å². The molecule has 2 heterocycles. The van der Waals surface area contributed by atoms with Crippen LogP contribution in [0.2, 0.25) is 0 Å². The van der Waals surface area contributed by atoms with Crippen molar-refractivity contribution in [2.75, 3.05) is 18.4 Å². The Balaban J connectivity index is 1.40. The van der Waals surface area contributed by atoms with Crippen molar-refractivity contribution in [2.24, 2.45) is 0 Å². The van der Waals surface area contributed by atoms with Gasteiger partial charge in [0.25, 0.3) is 5.91 Å². The van der Waals surface area contributed by atoms with E-state index in [0.29, 0.717) is 25.9 Å². The van der Waals surface area contributed by atoms with E-state index in [9.17, 15) is 17.6 Å². The highest BCUT2D eigenvalue weighted by atomic mass is 32.2. The van der Waals surface area contributed by atoms with Crippen molar-refractivity contribution in [1.82, 2.24) is 14.5 Å². The van der Waals surface area contributed by atoms with E-state index in [4.69, 9.17) is 0 Å². The lowest BCUT2D eigenvalue weighted by atomic mass is 9.94. The summed E-state index contributed by atoms with van der Waals surface area (Å²) in [4.78, 5) is 12.6. The van der Waals surface area contributed by atoms with Crippen LogP contribution in [0.15, 0.2) is 65.6 Å². The van der Waals surface area contributed by atoms with E-state index in [1.54, 1.807) is 48.5 Å². The number of nitrogens with one attached hydrogen (secondary N) is 2. The van der Waals surface area contributed by atoms with Crippen molar-refractivity contribution < 1.29 is 17.6 Å². The number of anilines is 1. The molecular weight excluding hydrogens is 407 g/mol. The number of piperidine rings is 1. The van der Waals surface area contributed by atoms with Gasteiger partial charge in [0.05, 0.1) is 10.6 Å². The number of para-hydroxylation sites is 1. The summed E-state index contributed by atoms with van der Waals surface area (Å²) in [5.74, 6) is -0.963. The van der Waals surface area contributed by atoms with Crippen LogP contribution in [0.4, 0.5) is 10.1 Å². The molecule has 1 fully saturated rings. The molecule has 0 bridgehead atoms. The number of halogens is 1. The topological polar surface area (TPSA) is 95.2 Å². The van der Waals surface area contributed by atoms with Crippen molar-refractivity contribution in [2.45, 2.75) is 23.7 Å². The molecule has 0 atom stereocenters. The zero-order chi connectivity index (χ0) is 21.1. The first-order valence-corrected chi connectivity index (χ1v) is 11.1. The smallest absolute Gasteiger partial charge is 0.276 e. The number of sulfonamides is 1. The number of hydrogen-bond donors (Lipinski definition) is 2. The van der Waals surface area contributed by atoms with Gasteiger partial charge in [-0.05, 0) is 43.2 Å². The molecule has 1 aliphatic rings. The van der Waals surface area contributed by atoms with E-state index < -0.39 is 21.7 Å². The van der Waals surface area contributed by atoms with Gasteiger partial charge in [0.15, 0.2) is 5.69 Å². The molecule has 0 spiro atoms. The number of benzene rings is 2. The van der Waals surface area contributed by atoms with E-state index in [2.05, 4.69) is 15.5 Å². The van der Waals surface area contributed by atoms with Crippen LogP contribution in [0.5, 0.6) is 0 Å². The summed E-state index contributed by atoms with van der Waals surface area (Å²) in [5, 5.41) is 9.41. The van der Waals surface area contributed by atoms with Gasteiger partial charge >= 0.3 is 0 Å². The molecule has 7 nitrogen and oxygen atoms in total. The average molecular weight is 428 g/mol. The number of aromatic nitrogens is 2. The highest BCUT2D eigenvalue weighted by molar-refractivity contribution is 7.89. The lowest BCUT2D eigenvalue weighted by Gasteiger charge is -2.30. The number of H-pyrrole nitrogens is 1. The molecule has 2 aromatic carbocycles. The first-order valence-electron chi connectivity index (χ1n) is 9.61. The fourth-order valence-corrected chi connectivity index (χ4v) is 5.05. The van der Waals surface area contributed by atoms with Crippen LogP contribution in [0.3, 0.4) is 0 Å². The predicted molar refractivity (Wildman–Crippen MR) is 110 cm³/mol. The normalized spacial score (nSPS) is 15.8. The summed E-state index contributed by atoms with van der Waals surface area (Å²) in [6, 6.07) is 15.9. The number of nitrogens with zero attached hydrogens (tertiary/aromatic N) is 2. The Labute approximate surface area is 174 Å². The van der Waals surface area contributed by atoms with Crippen LogP contribution >= 0.6 is 0 Å². The van der Waals surface area contributed by atoms with Crippen LogP contribution in [0, 0.1) is 5.82 Å². The van der Waals surface area contributed by atoms with Crippen molar-refractivity contribution >= 4 is 21.6 Å². The van der Waals surface area contributed by atoms with E-state index in [0.717, 1.165) is 5.69 Å². The molecule has 30 heavy (non-hydrogen) atoms. The van der Waals surface area contributed by atoms with E-state index in [1.807, 2.05) is 0 Å². The van der Waals surface area contributed by atoms with E-state index in [1.165, 1.54) is 16.4 Å². The second-order valence-electron chi connectivity index (χ2n) is 7.13. The highest BCUT2D eigenvalue weighted by Gasteiger charge is 2.30. The molecule has 4 rings (SSSR count). The van der Waals surface area contributed by atoms with Crippen molar-refractivity contribution in [3.63, 3.8) is 0 Å². The number of hydrogen-bond acceptors (Lipinski definition) is 4. The zero-order valence-electron chi connectivity index (χ0n) is 16.1. The maximum atomic E-state index is 13.7. The van der Waals surface area contributed by atoms with Gasteiger partial charge in [0, 0.05) is 24.7 Å². The van der Waals surface area contributed by atoms with Gasteiger partial charge < -0.3 is 5.32 Å².